The van der Waals surface area contributed by atoms with Gasteiger partial charge in [-0.2, -0.15) is 0 Å². The van der Waals surface area contributed by atoms with Gasteiger partial charge in [-0.1, -0.05) is 30.3 Å². The number of hydrogen-bond acceptors (Lipinski definition) is 4. The molecule has 0 saturated heterocycles. The average Bonchev–Trinajstić information content (AvgIpc) is 3.04. The second kappa shape index (κ2) is 6.00. The van der Waals surface area contributed by atoms with Crippen LogP contribution in [0.1, 0.15) is 18.7 Å². The van der Waals surface area contributed by atoms with E-state index in [9.17, 15) is 9.59 Å². The summed E-state index contributed by atoms with van der Waals surface area (Å²) in [6.45, 7) is 1.65. The van der Waals surface area contributed by atoms with Gasteiger partial charge in [0, 0.05) is 11.3 Å². The van der Waals surface area contributed by atoms with Crippen molar-refractivity contribution >= 4 is 12.0 Å². The Labute approximate surface area is 133 Å². The van der Waals surface area contributed by atoms with Crippen LogP contribution >= 0.6 is 0 Å². The first-order chi connectivity index (χ1) is 11.1. The van der Waals surface area contributed by atoms with E-state index in [4.69, 9.17) is 9.15 Å². The summed E-state index contributed by atoms with van der Waals surface area (Å²) in [5.41, 5.74) is 1.68. The number of ether oxygens (including phenoxy) is 1. The van der Waals surface area contributed by atoms with Crippen LogP contribution in [0.4, 0.5) is 4.79 Å². The molecule has 23 heavy (non-hydrogen) atoms. The first-order valence-electron chi connectivity index (χ1n) is 7.12. The highest BCUT2D eigenvalue weighted by atomic mass is 16.5. The van der Waals surface area contributed by atoms with Crippen LogP contribution in [0.25, 0.3) is 11.3 Å². The van der Waals surface area contributed by atoms with E-state index in [0.717, 1.165) is 5.56 Å². The lowest BCUT2D eigenvalue weighted by atomic mass is 10.0. The van der Waals surface area contributed by atoms with Crippen molar-refractivity contribution in [3.05, 3.63) is 59.5 Å². The van der Waals surface area contributed by atoms with Crippen LogP contribution in [0, 0.1) is 0 Å². The Morgan fingerprint density at radius 3 is 2.61 bits per heavy atom. The fourth-order valence-electron chi connectivity index (χ4n) is 2.55. The number of esters is 1. The molecule has 1 aromatic carbocycles. The molecular weight excluding hydrogens is 296 g/mol. The van der Waals surface area contributed by atoms with E-state index >= 15 is 0 Å². The van der Waals surface area contributed by atoms with Gasteiger partial charge in [0.25, 0.3) is 0 Å². The topological polar surface area (TPSA) is 80.6 Å². The Hall–Kier alpha value is -3.02. The van der Waals surface area contributed by atoms with Crippen LogP contribution in [-0.2, 0) is 9.53 Å². The van der Waals surface area contributed by atoms with E-state index in [1.807, 2.05) is 36.4 Å². The Balaban J connectivity index is 1.99. The molecule has 2 N–H and O–H groups in total. The van der Waals surface area contributed by atoms with Gasteiger partial charge in [-0.25, -0.2) is 9.59 Å². The van der Waals surface area contributed by atoms with Gasteiger partial charge >= 0.3 is 12.0 Å². The molecule has 1 atom stereocenters. The van der Waals surface area contributed by atoms with Gasteiger partial charge < -0.3 is 19.8 Å². The van der Waals surface area contributed by atoms with Crippen molar-refractivity contribution < 1.29 is 18.7 Å². The van der Waals surface area contributed by atoms with Crippen LogP contribution in [-0.4, -0.2) is 19.1 Å². The van der Waals surface area contributed by atoms with Crippen LogP contribution in [0.3, 0.4) is 0 Å². The summed E-state index contributed by atoms with van der Waals surface area (Å²) in [5.74, 6) is 0.617. The highest BCUT2D eigenvalue weighted by Gasteiger charge is 2.33. The molecule has 2 heterocycles. The molecule has 0 saturated carbocycles. The number of urea groups is 1. The molecule has 0 aliphatic carbocycles. The van der Waals surface area contributed by atoms with Crippen LogP contribution in [0.5, 0.6) is 0 Å². The molecule has 1 aliphatic rings. The lowest BCUT2D eigenvalue weighted by Gasteiger charge is -2.26. The molecule has 0 bridgehead atoms. The standard InChI is InChI=1S/C17H16N2O4/c1-10-14(16(20)22-2)15(19-17(21)18-10)13-9-8-12(23-13)11-6-4-3-5-7-11/h3-9,15H,1-2H3,(H2,18,19,21)/t15-/m1/s1. The summed E-state index contributed by atoms with van der Waals surface area (Å²) in [7, 11) is 1.30. The number of carbonyl (C=O) groups is 2. The minimum absolute atomic E-state index is 0.320. The predicted octanol–water partition coefficient (Wildman–Crippen LogP) is 2.75. The third kappa shape index (κ3) is 2.83. The highest BCUT2D eigenvalue weighted by molar-refractivity contribution is 5.94. The van der Waals surface area contributed by atoms with Crippen molar-refractivity contribution in [3.8, 4) is 11.3 Å². The number of allylic oxidation sites excluding steroid dienone is 1. The van der Waals surface area contributed by atoms with E-state index < -0.39 is 18.0 Å². The Kier molecular flexibility index (Phi) is 3.89. The SMILES string of the molecule is COC(=O)C1=C(C)NC(=O)N[C@@H]1c1ccc(-c2ccccc2)o1. The molecule has 3 rings (SSSR count). The van der Waals surface area contributed by atoms with Crippen molar-refractivity contribution in [2.75, 3.05) is 7.11 Å². The molecule has 2 amide bonds. The first-order valence-corrected chi connectivity index (χ1v) is 7.12. The number of benzene rings is 1. The number of methoxy groups -OCH3 is 1. The molecular formula is C17H16N2O4. The highest BCUT2D eigenvalue weighted by Crippen LogP contribution is 2.31. The summed E-state index contributed by atoms with van der Waals surface area (Å²) >= 11 is 0. The summed E-state index contributed by atoms with van der Waals surface area (Å²) in [6, 6.07) is 12.1. The van der Waals surface area contributed by atoms with Gasteiger partial charge in [0.1, 0.15) is 17.6 Å². The van der Waals surface area contributed by atoms with Gasteiger partial charge in [0.05, 0.1) is 12.7 Å². The average molecular weight is 312 g/mol. The molecule has 6 heteroatoms. The predicted molar refractivity (Wildman–Crippen MR) is 83.3 cm³/mol. The van der Waals surface area contributed by atoms with Crippen molar-refractivity contribution in [1.82, 2.24) is 10.6 Å². The van der Waals surface area contributed by atoms with Crippen molar-refractivity contribution in [3.63, 3.8) is 0 Å². The molecule has 2 aromatic rings. The van der Waals surface area contributed by atoms with Crippen LogP contribution in [0.2, 0.25) is 0 Å². The first kappa shape index (κ1) is 14.9. The van der Waals surface area contributed by atoms with Gasteiger partial charge in [-0.05, 0) is 19.1 Å². The normalized spacial score (nSPS) is 17.5. The zero-order valence-corrected chi connectivity index (χ0v) is 12.8. The molecule has 118 valence electrons. The summed E-state index contributed by atoms with van der Waals surface area (Å²) in [6.07, 6.45) is 0. The van der Waals surface area contributed by atoms with Crippen molar-refractivity contribution in [1.29, 1.82) is 0 Å². The Morgan fingerprint density at radius 1 is 1.17 bits per heavy atom. The minimum Gasteiger partial charge on any atom is -0.466 e. The van der Waals surface area contributed by atoms with E-state index in [0.29, 0.717) is 22.8 Å². The third-order valence-electron chi connectivity index (χ3n) is 3.64. The van der Waals surface area contributed by atoms with Crippen molar-refractivity contribution in [2.45, 2.75) is 13.0 Å². The van der Waals surface area contributed by atoms with Gasteiger partial charge in [-0.3, -0.25) is 0 Å². The summed E-state index contributed by atoms with van der Waals surface area (Å²) < 4.78 is 10.7. The van der Waals surface area contributed by atoms with E-state index in [-0.39, 0.29) is 0 Å². The molecule has 0 fully saturated rings. The van der Waals surface area contributed by atoms with Gasteiger partial charge in [0.15, 0.2) is 0 Å². The maximum absolute atomic E-state index is 12.0. The molecule has 0 unspecified atom stereocenters. The van der Waals surface area contributed by atoms with E-state index in [1.54, 1.807) is 13.0 Å². The Bertz CT molecular complexity index is 777. The maximum Gasteiger partial charge on any atom is 0.338 e. The monoisotopic (exact) mass is 312 g/mol. The van der Waals surface area contributed by atoms with Crippen LogP contribution < -0.4 is 10.6 Å². The van der Waals surface area contributed by atoms with Crippen LogP contribution in [0.15, 0.2) is 58.2 Å². The Morgan fingerprint density at radius 2 is 1.91 bits per heavy atom. The second-order valence-electron chi connectivity index (χ2n) is 5.13. The molecule has 0 spiro atoms. The summed E-state index contributed by atoms with van der Waals surface area (Å²) in [5, 5.41) is 5.26. The number of furan rings is 1. The lowest BCUT2D eigenvalue weighted by molar-refractivity contribution is -0.136. The fourth-order valence-corrected chi connectivity index (χ4v) is 2.55. The number of amides is 2. The number of rotatable bonds is 3. The largest absolute Gasteiger partial charge is 0.466 e. The smallest absolute Gasteiger partial charge is 0.338 e. The second-order valence-corrected chi connectivity index (χ2v) is 5.13. The minimum atomic E-state index is -0.686. The van der Waals surface area contributed by atoms with Gasteiger partial charge in [0.2, 0.25) is 0 Å². The molecule has 0 radical (unpaired) electrons. The number of hydrogen-bond donors (Lipinski definition) is 2. The fraction of sp³-hybridized carbons (Fsp3) is 0.176. The molecule has 1 aromatic heterocycles. The van der Waals surface area contributed by atoms with E-state index in [1.165, 1.54) is 7.11 Å². The zero-order valence-electron chi connectivity index (χ0n) is 12.8. The zero-order chi connectivity index (χ0) is 16.4. The van der Waals surface area contributed by atoms with E-state index in [2.05, 4.69) is 10.6 Å². The number of nitrogens with one attached hydrogen (secondary N) is 2. The number of carbonyl (C=O) groups excluding carboxylic acids is 2. The molecule has 6 nitrogen and oxygen atoms in total. The van der Waals surface area contributed by atoms with Gasteiger partial charge in [-0.15, -0.1) is 0 Å². The maximum atomic E-state index is 12.0. The third-order valence-corrected chi connectivity index (χ3v) is 3.64. The van der Waals surface area contributed by atoms with Crippen molar-refractivity contribution in [2.24, 2.45) is 0 Å². The summed E-state index contributed by atoms with van der Waals surface area (Å²) in [4.78, 5) is 23.8. The molecule has 1 aliphatic heterocycles. The quantitative estimate of drug-likeness (QED) is 0.854. The lowest BCUT2D eigenvalue weighted by Crippen LogP contribution is -2.45.